The Morgan fingerprint density at radius 3 is 2.76 bits per heavy atom. The molecule has 0 amide bonds. The van der Waals surface area contributed by atoms with Crippen molar-refractivity contribution >= 4 is 5.97 Å². The van der Waals surface area contributed by atoms with Crippen molar-refractivity contribution in [1.82, 2.24) is 4.90 Å². The smallest absolute Gasteiger partial charge is 0.304 e. The van der Waals surface area contributed by atoms with Gasteiger partial charge in [-0.3, -0.25) is 9.69 Å². The number of nitriles is 1. The number of hydrogen-bond acceptors (Lipinski definition) is 3. The standard InChI is InChI=1S/C13H16N2O2/c1-2-15(8-7-13(16)17)10-12-6-4-3-5-11(12)9-14/h3-6H,2,7-8,10H2,1H3,(H,16,17). The summed E-state index contributed by atoms with van der Waals surface area (Å²) in [6.07, 6.45) is 0.128. The minimum absolute atomic E-state index is 0.128. The summed E-state index contributed by atoms with van der Waals surface area (Å²) in [5.41, 5.74) is 1.60. The van der Waals surface area contributed by atoms with Crippen LogP contribution in [-0.4, -0.2) is 29.1 Å². The molecule has 0 aromatic heterocycles. The molecular weight excluding hydrogens is 216 g/mol. The number of hydrogen-bond donors (Lipinski definition) is 1. The first-order chi connectivity index (χ1) is 8.17. The first-order valence-electron chi connectivity index (χ1n) is 5.59. The van der Waals surface area contributed by atoms with Crippen molar-refractivity contribution in [3.8, 4) is 6.07 Å². The second-order valence-electron chi connectivity index (χ2n) is 3.78. The highest BCUT2D eigenvalue weighted by molar-refractivity contribution is 5.66. The zero-order chi connectivity index (χ0) is 12.7. The van der Waals surface area contributed by atoms with Gasteiger partial charge in [0.1, 0.15) is 0 Å². The maximum Gasteiger partial charge on any atom is 0.304 e. The topological polar surface area (TPSA) is 64.3 Å². The molecule has 0 atom stereocenters. The molecule has 0 aliphatic carbocycles. The summed E-state index contributed by atoms with van der Waals surface area (Å²) < 4.78 is 0. The van der Waals surface area contributed by atoms with Crippen molar-refractivity contribution in [2.45, 2.75) is 19.9 Å². The van der Waals surface area contributed by atoms with E-state index in [2.05, 4.69) is 6.07 Å². The minimum Gasteiger partial charge on any atom is -0.481 e. The van der Waals surface area contributed by atoms with Crippen LogP contribution in [0.25, 0.3) is 0 Å². The Labute approximate surface area is 101 Å². The molecular formula is C13H16N2O2. The molecule has 17 heavy (non-hydrogen) atoms. The molecule has 0 aliphatic rings. The van der Waals surface area contributed by atoms with Crippen LogP contribution < -0.4 is 0 Å². The SMILES string of the molecule is CCN(CCC(=O)O)Cc1ccccc1C#N. The third kappa shape index (κ3) is 4.25. The molecule has 1 rings (SSSR count). The van der Waals surface area contributed by atoms with Crippen molar-refractivity contribution in [3.05, 3.63) is 35.4 Å². The number of benzene rings is 1. The molecule has 4 heteroatoms. The Bertz CT molecular complexity index is 424. The second-order valence-corrected chi connectivity index (χ2v) is 3.78. The number of aliphatic carboxylic acids is 1. The predicted octanol–water partition coefficient (Wildman–Crippen LogP) is 1.85. The molecule has 1 N–H and O–H groups in total. The van der Waals surface area contributed by atoms with E-state index in [0.29, 0.717) is 18.7 Å². The van der Waals surface area contributed by atoms with Gasteiger partial charge >= 0.3 is 5.97 Å². The lowest BCUT2D eigenvalue weighted by Gasteiger charge is -2.19. The molecule has 0 unspecified atom stereocenters. The molecule has 0 fully saturated rings. The Morgan fingerprint density at radius 1 is 1.47 bits per heavy atom. The third-order valence-electron chi connectivity index (χ3n) is 2.62. The Balaban J connectivity index is 2.67. The molecule has 4 nitrogen and oxygen atoms in total. The van der Waals surface area contributed by atoms with Gasteiger partial charge in [-0.2, -0.15) is 5.26 Å². The van der Waals surface area contributed by atoms with Crippen molar-refractivity contribution < 1.29 is 9.90 Å². The van der Waals surface area contributed by atoms with Gasteiger partial charge in [0.15, 0.2) is 0 Å². The number of carboxylic acid groups (broad SMARTS) is 1. The fraction of sp³-hybridized carbons (Fsp3) is 0.385. The Morgan fingerprint density at radius 2 is 2.18 bits per heavy atom. The quantitative estimate of drug-likeness (QED) is 0.813. The third-order valence-corrected chi connectivity index (χ3v) is 2.62. The van der Waals surface area contributed by atoms with Gasteiger partial charge in [0.05, 0.1) is 18.1 Å². The zero-order valence-corrected chi connectivity index (χ0v) is 9.89. The normalized spacial score (nSPS) is 10.2. The van der Waals surface area contributed by atoms with Gasteiger partial charge in [-0.15, -0.1) is 0 Å². The molecule has 0 bridgehead atoms. The van der Waals surface area contributed by atoms with Gasteiger partial charge in [0, 0.05) is 13.1 Å². The maximum atomic E-state index is 10.5. The van der Waals surface area contributed by atoms with Crippen molar-refractivity contribution in [2.24, 2.45) is 0 Å². The highest BCUT2D eigenvalue weighted by Crippen LogP contribution is 2.10. The van der Waals surface area contributed by atoms with Crippen LogP contribution >= 0.6 is 0 Å². The van der Waals surface area contributed by atoms with Crippen LogP contribution in [0.1, 0.15) is 24.5 Å². The lowest BCUT2D eigenvalue weighted by atomic mass is 10.1. The van der Waals surface area contributed by atoms with E-state index in [1.165, 1.54) is 0 Å². The van der Waals surface area contributed by atoms with Gasteiger partial charge < -0.3 is 5.11 Å². The Kier molecular flexibility index (Phi) is 5.18. The summed E-state index contributed by atoms with van der Waals surface area (Å²) in [6, 6.07) is 9.55. The fourth-order valence-corrected chi connectivity index (χ4v) is 1.61. The van der Waals surface area contributed by atoms with Gasteiger partial charge in [-0.25, -0.2) is 0 Å². The predicted molar refractivity (Wildman–Crippen MR) is 64.4 cm³/mol. The lowest BCUT2D eigenvalue weighted by molar-refractivity contribution is -0.137. The van der Waals surface area contributed by atoms with Crippen LogP contribution in [0.4, 0.5) is 0 Å². The van der Waals surface area contributed by atoms with Crippen LogP contribution in [-0.2, 0) is 11.3 Å². The molecule has 0 spiro atoms. The summed E-state index contributed by atoms with van der Waals surface area (Å²) in [7, 11) is 0. The summed E-state index contributed by atoms with van der Waals surface area (Å²) in [5, 5.41) is 17.6. The molecule has 0 heterocycles. The van der Waals surface area contributed by atoms with Crippen LogP contribution in [0.3, 0.4) is 0 Å². The van der Waals surface area contributed by atoms with E-state index < -0.39 is 5.97 Å². The number of rotatable bonds is 6. The lowest BCUT2D eigenvalue weighted by Crippen LogP contribution is -2.26. The average Bonchev–Trinajstić information content (AvgIpc) is 2.34. The molecule has 1 aromatic carbocycles. The van der Waals surface area contributed by atoms with Gasteiger partial charge in [-0.1, -0.05) is 25.1 Å². The molecule has 0 saturated heterocycles. The maximum absolute atomic E-state index is 10.5. The summed E-state index contributed by atoms with van der Waals surface area (Å²) in [4.78, 5) is 12.5. The van der Waals surface area contributed by atoms with Gasteiger partial charge in [0.25, 0.3) is 0 Å². The van der Waals surface area contributed by atoms with E-state index >= 15 is 0 Å². The van der Waals surface area contributed by atoms with Gasteiger partial charge in [-0.05, 0) is 18.2 Å². The van der Waals surface area contributed by atoms with Gasteiger partial charge in [0.2, 0.25) is 0 Å². The van der Waals surface area contributed by atoms with Crippen LogP contribution in [0.15, 0.2) is 24.3 Å². The second kappa shape index (κ2) is 6.66. The van der Waals surface area contributed by atoms with Crippen molar-refractivity contribution in [3.63, 3.8) is 0 Å². The van der Waals surface area contributed by atoms with E-state index in [9.17, 15) is 4.79 Å². The van der Waals surface area contributed by atoms with E-state index in [0.717, 1.165) is 12.1 Å². The summed E-state index contributed by atoms with van der Waals surface area (Å²) in [5.74, 6) is -0.794. The first-order valence-corrected chi connectivity index (χ1v) is 5.59. The van der Waals surface area contributed by atoms with Crippen LogP contribution in [0.2, 0.25) is 0 Å². The molecule has 0 radical (unpaired) electrons. The fourth-order valence-electron chi connectivity index (χ4n) is 1.61. The van der Waals surface area contributed by atoms with E-state index in [4.69, 9.17) is 10.4 Å². The average molecular weight is 232 g/mol. The van der Waals surface area contributed by atoms with Crippen molar-refractivity contribution in [2.75, 3.05) is 13.1 Å². The Hall–Kier alpha value is -1.86. The number of carbonyl (C=O) groups is 1. The number of carboxylic acids is 1. The van der Waals surface area contributed by atoms with Crippen LogP contribution in [0.5, 0.6) is 0 Å². The van der Waals surface area contributed by atoms with E-state index in [1.54, 1.807) is 6.07 Å². The van der Waals surface area contributed by atoms with Crippen LogP contribution in [0, 0.1) is 11.3 Å². The molecule has 0 aliphatic heterocycles. The van der Waals surface area contributed by atoms with E-state index in [1.807, 2.05) is 30.0 Å². The zero-order valence-electron chi connectivity index (χ0n) is 9.89. The monoisotopic (exact) mass is 232 g/mol. The molecule has 1 aromatic rings. The minimum atomic E-state index is -0.794. The van der Waals surface area contributed by atoms with E-state index in [-0.39, 0.29) is 6.42 Å². The molecule has 90 valence electrons. The number of nitrogens with zero attached hydrogens (tertiary/aromatic N) is 2. The highest BCUT2D eigenvalue weighted by Gasteiger charge is 2.08. The van der Waals surface area contributed by atoms with Crippen molar-refractivity contribution in [1.29, 1.82) is 5.26 Å². The molecule has 0 saturated carbocycles. The first kappa shape index (κ1) is 13.2. The summed E-state index contributed by atoms with van der Waals surface area (Å²) >= 11 is 0. The highest BCUT2D eigenvalue weighted by atomic mass is 16.4. The largest absolute Gasteiger partial charge is 0.481 e. The summed E-state index contributed by atoms with van der Waals surface area (Å²) in [6.45, 7) is 3.88.